The van der Waals surface area contributed by atoms with Crippen molar-refractivity contribution in [1.29, 1.82) is 0 Å². The Morgan fingerprint density at radius 1 is 1.42 bits per heavy atom. The fraction of sp³-hybridized carbons (Fsp3) is 0.400. The number of aryl methyl sites for hydroxylation is 2. The van der Waals surface area contributed by atoms with Crippen LogP contribution in [0.1, 0.15) is 36.3 Å². The molecule has 0 fully saturated rings. The van der Waals surface area contributed by atoms with Crippen LogP contribution in [0, 0.1) is 6.92 Å². The van der Waals surface area contributed by atoms with Crippen molar-refractivity contribution in [3.8, 4) is 0 Å². The number of nitrogens with zero attached hydrogens (tertiary/aromatic N) is 2. The summed E-state index contributed by atoms with van der Waals surface area (Å²) in [6.45, 7) is 5.32. The van der Waals surface area contributed by atoms with Crippen LogP contribution in [0.3, 0.4) is 0 Å². The van der Waals surface area contributed by atoms with Crippen LogP contribution in [0.5, 0.6) is 0 Å². The highest BCUT2D eigenvalue weighted by atomic mass is 79.9. The van der Waals surface area contributed by atoms with E-state index in [1.807, 2.05) is 13.2 Å². The highest BCUT2D eigenvalue weighted by molar-refractivity contribution is 9.10. The Bertz CT molecular complexity index is 548. The number of halogens is 1. The molecule has 0 aliphatic rings. The first-order valence-electron chi connectivity index (χ1n) is 6.61. The average Bonchev–Trinajstić information content (AvgIpc) is 2.82. The molecule has 1 unspecified atom stereocenters. The van der Waals surface area contributed by atoms with E-state index < -0.39 is 0 Å². The maximum Gasteiger partial charge on any atom is 0.130 e. The van der Waals surface area contributed by atoms with Crippen molar-refractivity contribution in [3.63, 3.8) is 0 Å². The summed E-state index contributed by atoms with van der Waals surface area (Å²) in [5.74, 6) is 1.08. The molecule has 0 aliphatic heterocycles. The monoisotopic (exact) mass is 321 g/mol. The summed E-state index contributed by atoms with van der Waals surface area (Å²) in [7, 11) is 1.98. The highest BCUT2D eigenvalue weighted by Crippen LogP contribution is 2.26. The van der Waals surface area contributed by atoms with E-state index in [1.165, 1.54) is 11.1 Å². The van der Waals surface area contributed by atoms with Crippen LogP contribution in [0.2, 0.25) is 0 Å². The zero-order chi connectivity index (χ0) is 13.8. The number of hydrogen-bond donors (Lipinski definition) is 1. The molecule has 0 bridgehead atoms. The minimum atomic E-state index is 0.134. The Balaban J connectivity index is 2.41. The van der Waals surface area contributed by atoms with Gasteiger partial charge in [-0.3, -0.25) is 0 Å². The summed E-state index contributed by atoms with van der Waals surface area (Å²) in [6, 6.07) is 6.52. The average molecular weight is 322 g/mol. The fourth-order valence-corrected chi connectivity index (χ4v) is 2.87. The highest BCUT2D eigenvalue weighted by Gasteiger charge is 2.18. The molecule has 0 saturated carbocycles. The van der Waals surface area contributed by atoms with Gasteiger partial charge in [-0.1, -0.05) is 28.9 Å². The molecule has 3 nitrogen and oxygen atoms in total. The largest absolute Gasteiger partial charge is 0.333 e. The zero-order valence-corrected chi connectivity index (χ0v) is 13.2. The smallest absolute Gasteiger partial charge is 0.130 e. The van der Waals surface area contributed by atoms with E-state index in [1.54, 1.807) is 0 Å². The second-order valence-corrected chi connectivity index (χ2v) is 5.62. The third-order valence-corrected chi connectivity index (χ3v) is 3.80. The lowest BCUT2D eigenvalue weighted by molar-refractivity contribution is 0.566. The Morgan fingerprint density at radius 3 is 2.84 bits per heavy atom. The minimum absolute atomic E-state index is 0.134. The van der Waals surface area contributed by atoms with Gasteiger partial charge in [-0.05, 0) is 43.7 Å². The lowest BCUT2D eigenvalue weighted by Crippen LogP contribution is -2.22. The fourth-order valence-electron chi connectivity index (χ4n) is 2.40. The maximum absolute atomic E-state index is 4.53. The Kier molecular flexibility index (Phi) is 4.77. The molecule has 0 amide bonds. The molecule has 1 aromatic carbocycles. The van der Waals surface area contributed by atoms with Crippen LogP contribution in [0.4, 0.5) is 0 Å². The molecule has 1 heterocycles. The van der Waals surface area contributed by atoms with Crippen molar-refractivity contribution in [2.75, 3.05) is 7.05 Å². The molecule has 1 aromatic heterocycles. The minimum Gasteiger partial charge on any atom is -0.333 e. The molecule has 1 atom stereocenters. The van der Waals surface area contributed by atoms with E-state index in [9.17, 15) is 0 Å². The van der Waals surface area contributed by atoms with Gasteiger partial charge in [0.25, 0.3) is 0 Å². The van der Waals surface area contributed by atoms with E-state index in [0.29, 0.717) is 0 Å². The first-order chi connectivity index (χ1) is 9.17. The predicted octanol–water partition coefficient (Wildman–Crippen LogP) is 3.67. The normalized spacial score (nSPS) is 12.6. The van der Waals surface area contributed by atoms with E-state index in [0.717, 1.165) is 23.3 Å². The molecule has 2 aromatic rings. The summed E-state index contributed by atoms with van der Waals surface area (Å²) in [5, 5.41) is 3.38. The quantitative estimate of drug-likeness (QED) is 0.910. The van der Waals surface area contributed by atoms with Crippen molar-refractivity contribution in [2.24, 2.45) is 0 Å². The summed E-state index contributed by atoms with van der Waals surface area (Å²) in [5.41, 5.74) is 2.54. The lowest BCUT2D eigenvalue weighted by Gasteiger charge is -2.20. The second kappa shape index (κ2) is 6.35. The molecular formula is C15H20BrN3. The Labute approximate surface area is 123 Å². The van der Waals surface area contributed by atoms with Gasteiger partial charge < -0.3 is 9.88 Å². The topological polar surface area (TPSA) is 29.9 Å². The standard InChI is InChI=1S/C15H20BrN3/c1-4-8-19-9-7-18-15(19)14(17-3)13-6-5-12(16)10-11(13)2/h5-7,9-10,14,17H,4,8H2,1-3H3. The van der Waals surface area contributed by atoms with Crippen molar-refractivity contribution in [1.82, 2.24) is 14.9 Å². The van der Waals surface area contributed by atoms with Crippen molar-refractivity contribution in [3.05, 3.63) is 52.0 Å². The molecule has 1 N–H and O–H groups in total. The number of nitrogens with one attached hydrogen (secondary N) is 1. The Hall–Kier alpha value is -1.13. The van der Waals surface area contributed by atoms with E-state index >= 15 is 0 Å². The lowest BCUT2D eigenvalue weighted by atomic mass is 10.0. The molecule has 4 heteroatoms. The van der Waals surface area contributed by atoms with Gasteiger partial charge in [-0.25, -0.2) is 4.98 Å². The first-order valence-corrected chi connectivity index (χ1v) is 7.41. The number of hydrogen-bond acceptors (Lipinski definition) is 2. The van der Waals surface area contributed by atoms with Gasteiger partial charge in [-0.15, -0.1) is 0 Å². The van der Waals surface area contributed by atoms with Gasteiger partial charge >= 0.3 is 0 Å². The van der Waals surface area contributed by atoms with E-state index in [4.69, 9.17) is 0 Å². The van der Waals surface area contributed by atoms with Crippen LogP contribution in [0.15, 0.2) is 35.1 Å². The van der Waals surface area contributed by atoms with Gasteiger partial charge in [0.05, 0.1) is 6.04 Å². The summed E-state index contributed by atoms with van der Waals surface area (Å²) >= 11 is 3.51. The SMILES string of the molecule is CCCn1ccnc1C(NC)c1ccc(Br)cc1C. The van der Waals surface area contributed by atoms with Gasteiger partial charge in [0.2, 0.25) is 0 Å². The number of aromatic nitrogens is 2. The van der Waals surface area contributed by atoms with Gasteiger partial charge in [-0.2, -0.15) is 0 Å². The second-order valence-electron chi connectivity index (χ2n) is 4.70. The Morgan fingerprint density at radius 2 is 2.21 bits per heavy atom. The predicted molar refractivity (Wildman–Crippen MR) is 82.3 cm³/mol. The summed E-state index contributed by atoms with van der Waals surface area (Å²) in [6.07, 6.45) is 5.04. The zero-order valence-electron chi connectivity index (χ0n) is 11.7. The molecule has 0 aliphatic carbocycles. The first kappa shape index (κ1) is 14.3. The molecule has 102 valence electrons. The molecule has 2 rings (SSSR count). The number of rotatable bonds is 5. The molecule has 0 spiro atoms. The van der Waals surface area contributed by atoms with Crippen LogP contribution in [0.25, 0.3) is 0 Å². The molecule has 0 saturated heterocycles. The van der Waals surface area contributed by atoms with Gasteiger partial charge in [0.1, 0.15) is 5.82 Å². The molecule has 0 radical (unpaired) electrons. The third-order valence-electron chi connectivity index (χ3n) is 3.30. The van der Waals surface area contributed by atoms with Crippen LogP contribution >= 0.6 is 15.9 Å². The van der Waals surface area contributed by atoms with Crippen molar-refractivity contribution in [2.45, 2.75) is 32.9 Å². The van der Waals surface area contributed by atoms with E-state index in [2.05, 4.69) is 69.0 Å². The maximum atomic E-state index is 4.53. The molecule has 19 heavy (non-hydrogen) atoms. The summed E-state index contributed by atoms with van der Waals surface area (Å²) in [4.78, 5) is 4.53. The van der Waals surface area contributed by atoms with Gasteiger partial charge in [0.15, 0.2) is 0 Å². The molecular weight excluding hydrogens is 302 g/mol. The van der Waals surface area contributed by atoms with Crippen molar-refractivity contribution >= 4 is 15.9 Å². The third kappa shape index (κ3) is 3.07. The van der Waals surface area contributed by atoms with Crippen LogP contribution in [-0.2, 0) is 6.54 Å². The van der Waals surface area contributed by atoms with Crippen LogP contribution < -0.4 is 5.32 Å². The number of benzene rings is 1. The van der Waals surface area contributed by atoms with Gasteiger partial charge in [0, 0.05) is 23.4 Å². The van der Waals surface area contributed by atoms with Crippen LogP contribution in [-0.4, -0.2) is 16.6 Å². The number of imidazole rings is 1. The van der Waals surface area contributed by atoms with Crippen molar-refractivity contribution < 1.29 is 0 Å². The summed E-state index contributed by atoms with van der Waals surface area (Å²) < 4.78 is 3.34. The van der Waals surface area contributed by atoms with E-state index in [-0.39, 0.29) is 6.04 Å².